The lowest BCUT2D eigenvalue weighted by Gasteiger charge is -2.26. The molecule has 7 heteroatoms. The molecule has 0 amide bonds. The van der Waals surface area contributed by atoms with E-state index in [4.69, 9.17) is 0 Å². The van der Waals surface area contributed by atoms with Crippen molar-refractivity contribution >= 4 is 15.5 Å². The van der Waals surface area contributed by atoms with Crippen LogP contribution in [-0.4, -0.2) is 25.1 Å². The molecular weight excluding hydrogens is 328 g/mol. The SMILES string of the molecule is O=[N+]([O-])[C@H]1CS(=O)(=O)C=C1N(Cc1ccccc1)c1ccccc1. The van der Waals surface area contributed by atoms with E-state index in [1.165, 1.54) is 0 Å². The first-order valence-electron chi connectivity index (χ1n) is 7.41. The van der Waals surface area contributed by atoms with Crippen molar-refractivity contribution in [1.82, 2.24) is 0 Å². The highest BCUT2D eigenvalue weighted by Crippen LogP contribution is 2.30. The Morgan fingerprint density at radius 2 is 1.62 bits per heavy atom. The Morgan fingerprint density at radius 1 is 1.04 bits per heavy atom. The zero-order chi connectivity index (χ0) is 17.2. The Balaban J connectivity index is 2.06. The topological polar surface area (TPSA) is 80.5 Å². The van der Waals surface area contributed by atoms with Crippen molar-refractivity contribution in [3.05, 3.63) is 87.4 Å². The minimum atomic E-state index is -3.58. The molecule has 1 atom stereocenters. The number of nitro groups is 1. The molecule has 1 heterocycles. The van der Waals surface area contributed by atoms with Gasteiger partial charge in [-0.05, 0) is 17.7 Å². The highest BCUT2D eigenvalue weighted by atomic mass is 32.2. The third kappa shape index (κ3) is 3.46. The van der Waals surface area contributed by atoms with Gasteiger partial charge in [-0.3, -0.25) is 10.1 Å². The monoisotopic (exact) mass is 344 g/mol. The van der Waals surface area contributed by atoms with E-state index in [-0.39, 0.29) is 5.70 Å². The molecule has 0 spiro atoms. The van der Waals surface area contributed by atoms with Crippen LogP contribution in [0.5, 0.6) is 0 Å². The summed E-state index contributed by atoms with van der Waals surface area (Å²) in [5.41, 5.74) is 1.86. The average molecular weight is 344 g/mol. The van der Waals surface area contributed by atoms with E-state index in [2.05, 4.69) is 0 Å². The van der Waals surface area contributed by atoms with E-state index in [0.29, 0.717) is 6.54 Å². The fourth-order valence-electron chi connectivity index (χ4n) is 2.73. The normalized spacial score (nSPS) is 18.8. The van der Waals surface area contributed by atoms with Crippen molar-refractivity contribution in [2.45, 2.75) is 12.6 Å². The molecule has 6 nitrogen and oxygen atoms in total. The van der Waals surface area contributed by atoms with Crippen LogP contribution >= 0.6 is 0 Å². The summed E-state index contributed by atoms with van der Waals surface area (Å²) in [6, 6.07) is 17.3. The number of rotatable bonds is 5. The summed E-state index contributed by atoms with van der Waals surface area (Å²) in [5, 5.41) is 12.4. The van der Waals surface area contributed by atoms with E-state index in [1.807, 2.05) is 60.7 Å². The highest BCUT2D eigenvalue weighted by Gasteiger charge is 2.41. The van der Waals surface area contributed by atoms with Crippen molar-refractivity contribution in [3.8, 4) is 0 Å². The molecule has 0 aromatic heterocycles. The summed E-state index contributed by atoms with van der Waals surface area (Å²) in [6.45, 7) is 0.358. The molecule has 0 radical (unpaired) electrons. The van der Waals surface area contributed by atoms with Gasteiger partial charge in [-0.15, -0.1) is 0 Å². The van der Waals surface area contributed by atoms with Crippen molar-refractivity contribution in [2.24, 2.45) is 0 Å². The maximum atomic E-state index is 11.9. The third-order valence-electron chi connectivity index (χ3n) is 3.85. The van der Waals surface area contributed by atoms with Gasteiger partial charge in [0.1, 0.15) is 11.4 Å². The molecule has 1 aliphatic rings. The molecule has 0 aliphatic carbocycles. The van der Waals surface area contributed by atoms with E-state index in [9.17, 15) is 18.5 Å². The number of benzene rings is 2. The zero-order valence-electron chi connectivity index (χ0n) is 12.8. The van der Waals surface area contributed by atoms with Gasteiger partial charge in [-0.1, -0.05) is 48.5 Å². The lowest BCUT2D eigenvalue weighted by Crippen LogP contribution is -2.34. The smallest absolute Gasteiger partial charge is 0.267 e. The second-order valence-corrected chi connectivity index (χ2v) is 7.48. The predicted octanol–water partition coefficient (Wildman–Crippen LogP) is 2.61. The molecule has 0 unspecified atom stereocenters. The molecule has 0 saturated heterocycles. The summed E-state index contributed by atoms with van der Waals surface area (Å²) in [5.74, 6) is -0.493. The van der Waals surface area contributed by atoms with Crippen LogP contribution in [0.15, 0.2) is 71.8 Å². The lowest BCUT2D eigenvalue weighted by molar-refractivity contribution is -0.506. The molecule has 1 aliphatic heterocycles. The number of hydrogen-bond donors (Lipinski definition) is 0. The number of nitrogens with zero attached hydrogens (tertiary/aromatic N) is 2. The van der Waals surface area contributed by atoms with Crippen LogP contribution < -0.4 is 4.90 Å². The molecule has 2 aromatic rings. The summed E-state index contributed by atoms with van der Waals surface area (Å²) in [7, 11) is -3.58. The molecule has 124 valence electrons. The van der Waals surface area contributed by atoms with E-state index in [0.717, 1.165) is 16.7 Å². The van der Waals surface area contributed by atoms with Crippen molar-refractivity contribution in [2.75, 3.05) is 10.7 Å². The highest BCUT2D eigenvalue weighted by molar-refractivity contribution is 7.94. The summed E-state index contributed by atoms with van der Waals surface area (Å²) >= 11 is 0. The van der Waals surface area contributed by atoms with E-state index < -0.39 is 26.6 Å². The first kappa shape index (κ1) is 16.2. The van der Waals surface area contributed by atoms with Crippen molar-refractivity contribution in [3.63, 3.8) is 0 Å². The van der Waals surface area contributed by atoms with Gasteiger partial charge < -0.3 is 4.90 Å². The molecule has 2 aromatic carbocycles. The predicted molar refractivity (Wildman–Crippen MR) is 91.7 cm³/mol. The minimum Gasteiger partial charge on any atom is -0.334 e. The van der Waals surface area contributed by atoms with Crippen LogP contribution in [0.4, 0.5) is 5.69 Å². The average Bonchev–Trinajstić information content (AvgIpc) is 2.90. The second kappa shape index (κ2) is 6.45. The van der Waals surface area contributed by atoms with Crippen molar-refractivity contribution in [1.29, 1.82) is 0 Å². The first-order chi connectivity index (χ1) is 11.5. The third-order valence-corrected chi connectivity index (χ3v) is 5.23. The number of sulfone groups is 1. The number of para-hydroxylation sites is 1. The number of hydrogen-bond acceptors (Lipinski definition) is 5. The lowest BCUT2D eigenvalue weighted by atomic mass is 10.1. The Hall–Kier alpha value is -2.67. The summed E-state index contributed by atoms with van der Waals surface area (Å²) in [4.78, 5) is 12.5. The Kier molecular flexibility index (Phi) is 4.35. The molecule has 0 bridgehead atoms. The Morgan fingerprint density at radius 3 is 2.21 bits per heavy atom. The molecular formula is C17H16N2O4S. The van der Waals surface area contributed by atoms with Crippen molar-refractivity contribution < 1.29 is 13.3 Å². The maximum Gasteiger partial charge on any atom is 0.267 e. The first-order valence-corrected chi connectivity index (χ1v) is 9.12. The van der Waals surface area contributed by atoms with E-state index in [1.54, 1.807) is 4.90 Å². The minimum absolute atomic E-state index is 0.204. The standard InChI is InChI=1S/C17H16N2O4S/c20-19(21)17-13-24(22,23)12-16(17)18(15-9-5-2-6-10-15)11-14-7-3-1-4-8-14/h1-10,12,17H,11,13H2/t17-/m0/s1. The van der Waals surface area contributed by atoms with Gasteiger partial charge in [0.25, 0.3) is 6.04 Å². The summed E-state index contributed by atoms with van der Waals surface area (Å²) < 4.78 is 23.9. The molecule has 3 rings (SSSR count). The fraction of sp³-hybridized carbons (Fsp3) is 0.176. The van der Waals surface area contributed by atoms with Crippen LogP contribution in [0.2, 0.25) is 0 Å². The number of anilines is 1. The van der Waals surface area contributed by atoms with Crippen LogP contribution in [0.25, 0.3) is 0 Å². The Labute approximate surface area is 140 Å². The fourth-order valence-corrected chi connectivity index (χ4v) is 4.22. The second-order valence-electron chi connectivity index (χ2n) is 5.58. The largest absolute Gasteiger partial charge is 0.334 e. The van der Waals surface area contributed by atoms with Gasteiger partial charge in [-0.25, -0.2) is 8.42 Å². The Bertz CT molecular complexity index is 864. The van der Waals surface area contributed by atoms with Crippen LogP contribution in [0, 0.1) is 10.1 Å². The van der Waals surface area contributed by atoms with E-state index >= 15 is 0 Å². The van der Waals surface area contributed by atoms with Gasteiger partial charge in [-0.2, -0.15) is 0 Å². The van der Waals surface area contributed by atoms with Gasteiger partial charge in [0.15, 0.2) is 9.84 Å². The van der Waals surface area contributed by atoms with Gasteiger partial charge in [0.05, 0.1) is 5.41 Å². The maximum absolute atomic E-state index is 11.9. The summed E-state index contributed by atoms with van der Waals surface area (Å²) in [6.07, 6.45) is 0. The van der Waals surface area contributed by atoms with Crippen LogP contribution in [0.3, 0.4) is 0 Å². The van der Waals surface area contributed by atoms with Gasteiger partial charge in [0.2, 0.25) is 0 Å². The quantitative estimate of drug-likeness (QED) is 0.615. The zero-order valence-corrected chi connectivity index (χ0v) is 13.6. The van der Waals surface area contributed by atoms with Gasteiger partial charge >= 0.3 is 0 Å². The molecule has 24 heavy (non-hydrogen) atoms. The molecule has 0 N–H and O–H groups in total. The van der Waals surface area contributed by atoms with Gasteiger partial charge in [0, 0.05) is 17.2 Å². The molecule has 0 fully saturated rings. The van der Waals surface area contributed by atoms with Crippen LogP contribution in [-0.2, 0) is 16.4 Å². The molecule has 0 saturated carbocycles. The van der Waals surface area contributed by atoms with Crippen LogP contribution in [0.1, 0.15) is 5.56 Å².